The van der Waals surface area contributed by atoms with Gasteiger partial charge in [-0.1, -0.05) is 30.3 Å². The zero-order valence-electron chi connectivity index (χ0n) is 18.9. The van der Waals surface area contributed by atoms with Gasteiger partial charge in [-0.25, -0.2) is 4.98 Å². The maximum atomic E-state index is 12.5. The van der Waals surface area contributed by atoms with Gasteiger partial charge >= 0.3 is 0 Å². The minimum atomic E-state index is 0.235. The summed E-state index contributed by atoms with van der Waals surface area (Å²) in [5.41, 5.74) is 1.35. The molecule has 0 radical (unpaired) electrons. The van der Waals surface area contributed by atoms with Crippen LogP contribution in [0, 0.1) is 5.92 Å². The third kappa shape index (κ3) is 6.40. The van der Waals surface area contributed by atoms with E-state index in [2.05, 4.69) is 68.1 Å². The quantitative estimate of drug-likeness (QED) is 0.673. The van der Waals surface area contributed by atoms with Gasteiger partial charge in [-0.3, -0.25) is 14.6 Å². The van der Waals surface area contributed by atoms with Crippen LogP contribution in [0.1, 0.15) is 50.4 Å². The highest BCUT2D eigenvalue weighted by atomic mass is 16.1. The molecule has 2 aliphatic rings. The van der Waals surface area contributed by atoms with Crippen molar-refractivity contribution in [2.75, 3.05) is 26.2 Å². The highest BCUT2D eigenvalue weighted by Crippen LogP contribution is 2.23. The van der Waals surface area contributed by atoms with Crippen LogP contribution in [0.2, 0.25) is 0 Å². The minimum absolute atomic E-state index is 0.235. The number of rotatable bonds is 9. The van der Waals surface area contributed by atoms with Gasteiger partial charge in [0.25, 0.3) is 0 Å². The van der Waals surface area contributed by atoms with Crippen LogP contribution in [-0.4, -0.2) is 57.5 Å². The number of aryl methyl sites for hydroxylation is 1. The zero-order valence-corrected chi connectivity index (χ0v) is 18.9. The minimum Gasteiger partial charge on any atom is -0.352 e. The van der Waals surface area contributed by atoms with Crippen molar-refractivity contribution in [3.05, 3.63) is 54.1 Å². The fourth-order valence-electron chi connectivity index (χ4n) is 4.98. The first-order valence-electron chi connectivity index (χ1n) is 12.0. The molecule has 4 rings (SSSR count). The average molecular weight is 424 g/mol. The molecule has 1 amide bonds. The molecule has 168 valence electrons. The predicted octanol–water partition coefficient (Wildman–Crippen LogP) is 3.29. The van der Waals surface area contributed by atoms with E-state index in [1.165, 1.54) is 18.4 Å². The highest BCUT2D eigenvalue weighted by molar-refractivity contribution is 5.76. The van der Waals surface area contributed by atoms with Gasteiger partial charge in [0.1, 0.15) is 5.82 Å². The summed E-state index contributed by atoms with van der Waals surface area (Å²) in [7, 11) is 0. The lowest BCUT2D eigenvalue weighted by Gasteiger charge is -2.31. The number of carbonyl (C=O) groups is 1. The van der Waals surface area contributed by atoms with Crippen LogP contribution in [-0.2, 0) is 24.4 Å². The lowest BCUT2D eigenvalue weighted by Crippen LogP contribution is -2.38. The number of likely N-dealkylation sites (tertiary alicyclic amines) is 2. The van der Waals surface area contributed by atoms with Crippen LogP contribution in [0.4, 0.5) is 0 Å². The van der Waals surface area contributed by atoms with Gasteiger partial charge in [0.15, 0.2) is 0 Å². The van der Waals surface area contributed by atoms with Crippen molar-refractivity contribution < 1.29 is 4.79 Å². The molecule has 1 aromatic heterocycles. The van der Waals surface area contributed by atoms with Gasteiger partial charge in [-0.05, 0) is 57.2 Å². The van der Waals surface area contributed by atoms with Crippen molar-refractivity contribution in [1.29, 1.82) is 0 Å². The molecule has 0 bridgehead atoms. The van der Waals surface area contributed by atoms with Crippen LogP contribution in [0.5, 0.6) is 0 Å². The SMILES string of the molecule is CCn1ccnc1CN1CCC(CCC(=O)N[C@H]2CCN(Cc3ccccc3)C2)CC1. The van der Waals surface area contributed by atoms with E-state index < -0.39 is 0 Å². The summed E-state index contributed by atoms with van der Waals surface area (Å²) in [4.78, 5) is 22.0. The van der Waals surface area contributed by atoms with E-state index in [1.54, 1.807) is 0 Å². The number of hydrogen-bond acceptors (Lipinski definition) is 4. The number of carbonyl (C=O) groups excluding carboxylic acids is 1. The first-order valence-corrected chi connectivity index (χ1v) is 12.0. The standard InChI is InChI=1S/C25H37N5O/c1-2-30-17-13-26-24(30)20-28-14-10-21(11-15-28)8-9-25(31)27-23-12-16-29(19-23)18-22-6-4-3-5-7-22/h3-7,13,17,21,23H,2,8-12,14-16,18-20H2,1H3,(H,27,31)/t23-/m0/s1. The van der Waals surface area contributed by atoms with Gasteiger partial charge in [-0.15, -0.1) is 0 Å². The molecular weight excluding hydrogens is 386 g/mol. The topological polar surface area (TPSA) is 53.4 Å². The molecule has 0 spiro atoms. The molecule has 2 aromatic rings. The van der Waals surface area contributed by atoms with Gasteiger partial charge in [0.05, 0.1) is 6.54 Å². The van der Waals surface area contributed by atoms with E-state index in [0.717, 1.165) is 64.5 Å². The Kier molecular flexibility index (Phi) is 7.76. The molecule has 2 saturated heterocycles. The number of imidazole rings is 1. The third-order valence-electron chi connectivity index (χ3n) is 6.88. The van der Waals surface area contributed by atoms with Gasteiger partial charge in [0, 0.05) is 51.0 Å². The summed E-state index contributed by atoms with van der Waals surface area (Å²) < 4.78 is 2.22. The van der Waals surface area contributed by atoms with Crippen molar-refractivity contribution in [3.63, 3.8) is 0 Å². The molecule has 2 fully saturated rings. The molecule has 0 saturated carbocycles. The Morgan fingerprint density at radius 3 is 2.61 bits per heavy atom. The second-order valence-electron chi connectivity index (χ2n) is 9.16. The summed E-state index contributed by atoms with van der Waals surface area (Å²) in [6, 6.07) is 10.9. The monoisotopic (exact) mass is 423 g/mol. The van der Waals surface area contributed by atoms with E-state index >= 15 is 0 Å². The molecule has 0 unspecified atom stereocenters. The smallest absolute Gasteiger partial charge is 0.220 e. The molecule has 31 heavy (non-hydrogen) atoms. The predicted molar refractivity (Wildman–Crippen MR) is 123 cm³/mol. The number of amides is 1. The maximum absolute atomic E-state index is 12.5. The Labute approximate surface area is 186 Å². The molecule has 6 heteroatoms. The first-order chi connectivity index (χ1) is 15.2. The number of benzene rings is 1. The Morgan fingerprint density at radius 1 is 1.06 bits per heavy atom. The van der Waals surface area contributed by atoms with Crippen molar-refractivity contribution in [2.24, 2.45) is 5.92 Å². The molecule has 3 heterocycles. The Bertz CT molecular complexity index is 812. The summed E-state index contributed by atoms with van der Waals surface area (Å²) >= 11 is 0. The lowest BCUT2D eigenvalue weighted by molar-refractivity contribution is -0.122. The van der Waals surface area contributed by atoms with Crippen molar-refractivity contribution in [1.82, 2.24) is 24.7 Å². The Hall–Kier alpha value is -2.18. The first kappa shape index (κ1) is 22.0. The van der Waals surface area contributed by atoms with Crippen LogP contribution in [0.15, 0.2) is 42.7 Å². The Balaban J connectivity index is 1.11. The summed E-state index contributed by atoms with van der Waals surface area (Å²) in [5, 5.41) is 3.28. The normalized spacial score (nSPS) is 20.9. The summed E-state index contributed by atoms with van der Waals surface area (Å²) in [6.07, 6.45) is 9.08. The summed E-state index contributed by atoms with van der Waals surface area (Å²) in [5.74, 6) is 2.07. The number of nitrogens with one attached hydrogen (secondary N) is 1. The number of piperidine rings is 1. The maximum Gasteiger partial charge on any atom is 0.220 e. The Morgan fingerprint density at radius 2 is 1.84 bits per heavy atom. The van der Waals surface area contributed by atoms with Gasteiger partial charge < -0.3 is 9.88 Å². The molecule has 1 atom stereocenters. The van der Waals surface area contributed by atoms with E-state index in [4.69, 9.17) is 0 Å². The van der Waals surface area contributed by atoms with E-state index in [-0.39, 0.29) is 5.91 Å². The zero-order chi connectivity index (χ0) is 21.5. The molecule has 1 aromatic carbocycles. The second-order valence-corrected chi connectivity index (χ2v) is 9.16. The third-order valence-corrected chi connectivity index (χ3v) is 6.88. The molecular formula is C25H37N5O. The lowest BCUT2D eigenvalue weighted by atomic mass is 9.92. The van der Waals surface area contributed by atoms with Crippen molar-refractivity contribution in [3.8, 4) is 0 Å². The van der Waals surface area contributed by atoms with E-state index in [0.29, 0.717) is 18.4 Å². The average Bonchev–Trinajstić information content (AvgIpc) is 3.43. The molecule has 6 nitrogen and oxygen atoms in total. The molecule has 2 aliphatic heterocycles. The van der Waals surface area contributed by atoms with E-state index in [9.17, 15) is 4.79 Å². The second kappa shape index (κ2) is 10.9. The van der Waals surface area contributed by atoms with Crippen LogP contribution >= 0.6 is 0 Å². The number of nitrogens with zero attached hydrogens (tertiary/aromatic N) is 4. The fraction of sp³-hybridized carbons (Fsp3) is 0.600. The van der Waals surface area contributed by atoms with Crippen molar-refractivity contribution >= 4 is 5.91 Å². The molecule has 1 N–H and O–H groups in total. The van der Waals surface area contributed by atoms with Crippen molar-refractivity contribution in [2.45, 2.75) is 64.7 Å². The number of aromatic nitrogens is 2. The van der Waals surface area contributed by atoms with Crippen LogP contribution in [0.3, 0.4) is 0 Å². The van der Waals surface area contributed by atoms with E-state index in [1.807, 2.05) is 6.20 Å². The van der Waals surface area contributed by atoms with Gasteiger partial charge in [-0.2, -0.15) is 0 Å². The molecule has 0 aliphatic carbocycles. The summed E-state index contributed by atoms with van der Waals surface area (Å²) in [6.45, 7) is 9.31. The van der Waals surface area contributed by atoms with Gasteiger partial charge in [0.2, 0.25) is 5.91 Å². The van der Waals surface area contributed by atoms with Crippen LogP contribution in [0.25, 0.3) is 0 Å². The highest BCUT2D eigenvalue weighted by Gasteiger charge is 2.25. The largest absolute Gasteiger partial charge is 0.352 e. The number of hydrogen-bond donors (Lipinski definition) is 1. The van der Waals surface area contributed by atoms with Crippen LogP contribution < -0.4 is 5.32 Å². The fourth-order valence-corrected chi connectivity index (χ4v) is 4.98.